The largest absolute Gasteiger partial charge is 0.396 e. The molecule has 0 amide bonds. The maximum atomic E-state index is 9.37. The van der Waals surface area contributed by atoms with E-state index in [1.165, 1.54) is 39.0 Å². The lowest BCUT2D eigenvalue weighted by atomic mass is 9.82. The monoisotopic (exact) mass is 268 g/mol. The maximum absolute atomic E-state index is 9.37. The molecule has 20 heavy (non-hydrogen) atoms. The summed E-state index contributed by atoms with van der Waals surface area (Å²) in [4.78, 5) is 0. The van der Waals surface area contributed by atoms with Gasteiger partial charge in [-0.15, -0.1) is 0 Å². The zero-order valence-electron chi connectivity index (χ0n) is 13.1. The number of benzene rings is 1. The number of aliphatic hydroxyl groups is 1. The van der Waals surface area contributed by atoms with E-state index in [2.05, 4.69) is 46.9 Å². The molecule has 0 fully saturated rings. The Morgan fingerprint density at radius 2 is 1.50 bits per heavy atom. The molecule has 0 saturated carbocycles. The summed E-state index contributed by atoms with van der Waals surface area (Å²) in [7, 11) is 0. The van der Waals surface area contributed by atoms with Crippen LogP contribution < -0.4 is 0 Å². The van der Waals surface area contributed by atoms with E-state index >= 15 is 0 Å². The average Bonchev–Trinajstić information content (AvgIpc) is 2.54. The van der Waals surface area contributed by atoms with Gasteiger partial charge in [0, 0.05) is 6.61 Å². The van der Waals surface area contributed by atoms with Crippen molar-refractivity contribution >= 4 is 11.1 Å². The van der Waals surface area contributed by atoms with Crippen molar-refractivity contribution in [2.75, 3.05) is 6.61 Å². The second-order valence-corrected chi connectivity index (χ2v) is 5.74. The Balaban J connectivity index is 2.86. The second kappa shape index (κ2) is 5.41. The third kappa shape index (κ3) is 2.16. The van der Waals surface area contributed by atoms with Crippen LogP contribution in [0.25, 0.3) is 11.1 Å². The van der Waals surface area contributed by atoms with Gasteiger partial charge in [0.05, 0.1) is 0 Å². The fourth-order valence-corrected chi connectivity index (χ4v) is 3.09. The molecule has 0 spiro atoms. The molecule has 0 aliphatic heterocycles. The molecule has 1 heteroatoms. The highest BCUT2D eigenvalue weighted by atomic mass is 16.2. The summed E-state index contributed by atoms with van der Waals surface area (Å²) >= 11 is 0. The van der Waals surface area contributed by atoms with Crippen molar-refractivity contribution in [3.63, 3.8) is 0 Å². The van der Waals surface area contributed by atoms with Crippen molar-refractivity contribution in [2.45, 2.75) is 40.5 Å². The second-order valence-electron chi connectivity index (χ2n) is 5.74. The number of allylic oxidation sites excluding steroid dienone is 3. The fourth-order valence-electron chi connectivity index (χ4n) is 3.09. The van der Waals surface area contributed by atoms with E-state index in [9.17, 15) is 5.11 Å². The van der Waals surface area contributed by atoms with Crippen LogP contribution in [-0.4, -0.2) is 11.7 Å². The van der Waals surface area contributed by atoms with E-state index in [1.807, 2.05) is 0 Å². The maximum Gasteiger partial charge on any atom is 0.0471 e. The molecular weight excluding hydrogens is 244 g/mol. The van der Waals surface area contributed by atoms with Gasteiger partial charge in [-0.05, 0) is 90.6 Å². The Kier molecular flexibility index (Phi) is 4.01. The molecule has 1 nitrogen and oxygen atoms in total. The fraction of sp³-hybridized carbons (Fsp3) is 0.368. The van der Waals surface area contributed by atoms with Gasteiger partial charge in [0.25, 0.3) is 0 Å². The summed E-state index contributed by atoms with van der Waals surface area (Å²) < 4.78 is 0. The van der Waals surface area contributed by atoms with Crippen LogP contribution in [0.5, 0.6) is 0 Å². The van der Waals surface area contributed by atoms with Gasteiger partial charge >= 0.3 is 0 Å². The van der Waals surface area contributed by atoms with E-state index in [4.69, 9.17) is 0 Å². The molecule has 0 radical (unpaired) electrons. The van der Waals surface area contributed by atoms with Gasteiger partial charge in [-0.3, -0.25) is 0 Å². The first-order chi connectivity index (χ1) is 9.40. The third-order valence-corrected chi connectivity index (χ3v) is 4.71. The Labute approximate surface area is 122 Å². The summed E-state index contributed by atoms with van der Waals surface area (Å²) in [6, 6.07) is 0. The van der Waals surface area contributed by atoms with Gasteiger partial charge in [-0.2, -0.15) is 0 Å². The summed E-state index contributed by atoms with van der Waals surface area (Å²) in [5, 5.41) is 9.37. The Morgan fingerprint density at radius 1 is 0.950 bits per heavy atom. The summed E-state index contributed by atoms with van der Waals surface area (Å²) in [6.07, 6.45) is 3.72. The average molecular weight is 268 g/mol. The number of fused-ring (bicyclic) bond motifs is 1. The summed E-state index contributed by atoms with van der Waals surface area (Å²) in [5.41, 5.74) is 11.1. The molecule has 1 aromatic carbocycles. The molecule has 0 atom stereocenters. The number of hydrogen-bond acceptors (Lipinski definition) is 1. The van der Waals surface area contributed by atoms with E-state index in [1.54, 1.807) is 0 Å². The summed E-state index contributed by atoms with van der Waals surface area (Å²) in [6.45, 7) is 17.3. The van der Waals surface area contributed by atoms with Gasteiger partial charge in [-0.1, -0.05) is 19.2 Å². The lowest BCUT2D eigenvalue weighted by molar-refractivity contribution is 0.305. The molecule has 106 valence electrons. The predicted molar refractivity (Wildman–Crippen MR) is 87.9 cm³/mol. The van der Waals surface area contributed by atoms with Crippen LogP contribution in [-0.2, 0) is 0 Å². The van der Waals surface area contributed by atoms with Crippen molar-refractivity contribution < 1.29 is 5.11 Å². The molecule has 0 saturated heterocycles. The third-order valence-electron chi connectivity index (χ3n) is 4.71. The van der Waals surface area contributed by atoms with Gasteiger partial charge in [0.15, 0.2) is 0 Å². The van der Waals surface area contributed by atoms with Crippen LogP contribution in [0.4, 0.5) is 0 Å². The highest BCUT2D eigenvalue weighted by Gasteiger charge is 2.22. The van der Waals surface area contributed by atoms with Crippen LogP contribution >= 0.6 is 0 Å². The summed E-state index contributed by atoms with van der Waals surface area (Å²) in [5.74, 6) is 0. The molecule has 0 aromatic heterocycles. The van der Waals surface area contributed by atoms with Crippen LogP contribution in [0, 0.1) is 27.7 Å². The highest BCUT2D eigenvalue weighted by molar-refractivity contribution is 5.91. The predicted octanol–water partition coefficient (Wildman–Crippen LogP) is 4.66. The van der Waals surface area contributed by atoms with Crippen LogP contribution in [0.2, 0.25) is 0 Å². The lowest BCUT2D eigenvalue weighted by Crippen LogP contribution is -2.05. The zero-order chi connectivity index (χ0) is 15.0. The molecule has 0 heterocycles. The van der Waals surface area contributed by atoms with Crippen molar-refractivity contribution in [3.05, 3.63) is 58.2 Å². The quantitative estimate of drug-likeness (QED) is 0.827. The topological polar surface area (TPSA) is 20.2 Å². The number of hydrogen-bond donors (Lipinski definition) is 1. The van der Waals surface area contributed by atoms with E-state index in [0.29, 0.717) is 6.42 Å². The first-order valence-corrected chi connectivity index (χ1v) is 7.18. The Bertz CT molecular complexity index is 630. The van der Waals surface area contributed by atoms with Gasteiger partial charge < -0.3 is 5.11 Å². The molecule has 2 rings (SSSR count). The first-order valence-electron chi connectivity index (χ1n) is 7.18. The minimum absolute atomic E-state index is 0.176. The minimum Gasteiger partial charge on any atom is -0.396 e. The lowest BCUT2D eigenvalue weighted by Gasteiger charge is -2.22. The van der Waals surface area contributed by atoms with Gasteiger partial charge in [-0.25, -0.2) is 0 Å². The van der Waals surface area contributed by atoms with Crippen LogP contribution in [0.3, 0.4) is 0 Å². The first kappa shape index (κ1) is 14.8. The number of aliphatic hydroxyl groups excluding tert-OH is 1. The smallest absolute Gasteiger partial charge is 0.0471 e. The zero-order valence-corrected chi connectivity index (χ0v) is 13.1. The van der Waals surface area contributed by atoms with Gasteiger partial charge in [0.2, 0.25) is 0 Å². The SMILES string of the molecule is C=C1CC=C(CCO)c2c(C)c(C)c(C)c(C)c2C1=C. The highest BCUT2D eigenvalue weighted by Crippen LogP contribution is 2.41. The molecule has 0 bridgehead atoms. The van der Waals surface area contributed by atoms with Crippen molar-refractivity contribution in [1.82, 2.24) is 0 Å². The molecular formula is C19H24O. The van der Waals surface area contributed by atoms with Crippen LogP contribution in [0.15, 0.2) is 24.8 Å². The molecule has 1 aliphatic rings. The Morgan fingerprint density at radius 3 is 2.05 bits per heavy atom. The van der Waals surface area contributed by atoms with Gasteiger partial charge in [0.1, 0.15) is 0 Å². The molecule has 1 aromatic rings. The van der Waals surface area contributed by atoms with E-state index in [0.717, 1.165) is 17.6 Å². The van der Waals surface area contributed by atoms with Crippen LogP contribution in [0.1, 0.15) is 46.2 Å². The molecule has 0 unspecified atom stereocenters. The Hall–Kier alpha value is -1.60. The molecule has 1 aliphatic carbocycles. The van der Waals surface area contributed by atoms with Crippen molar-refractivity contribution in [3.8, 4) is 0 Å². The normalized spacial score (nSPS) is 14.9. The minimum atomic E-state index is 0.176. The number of rotatable bonds is 2. The van der Waals surface area contributed by atoms with E-state index < -0.39 is 0 Å². The van der Waals surface area contributed by atoms with Crippen molar-refractivity contribution in [1.29, 1.82) is 0 Å². The van der Waals surface area contributed by atoms with Crippen molar-refractivity contribution in [2.24, 2.45) is 0 Å². The molecule has 1 N–H and O–H groups in total. The standard InChI is InChI=1S/C19H24O/c1-11-7-8-17(9-10-20)19-16(6)14(4)13(3)15(5)18(19)12(11)2/h8,20H,1-2,7,9-10H2,3-6H3. The van der Waals surface area contributed by atoms with E-state index in [-0.39, 0.29) is 6.61 Å².